The number of phenolic OH excluding ortho intramolecular Hbond substituents is 1. The summed E-state index contributed by atoms with van der Waals surface area (Å²) in [4.78, 5) is 64.6. The minimum absolute atomic E-state index is 0.0283. The van der Waals surface area contributed by atoms with E-state index in [-0.39, 0.29) is 58.4 Å². The van der Waals surface area contributed by atoms with Gasteiger partial charge in [0.1, 0.15) is 22.8 Å². The van der Waals surface area contributed by atoms with Crippen molar-refractivity contribution in [3.05, 3.63) is 140 Å². The van der Waals surface area contributed by atoms with E-state index < -0.39 is 11.9 Å². The van der Waals surface area contributed by atoms with Gasteiger partial charge in [0.05, 0.1) is 24.6 Å². The van der Waals surface area contributed by atoms with Crippen molar-refractivity contribution in [2.45, 2.75) is 26.2 Å². The van der Waals surface area contributed by atoms with Crippen LogP contribution in [-0.4, -0.2) is 58.7 Å². The molecule has 0 unspecified atom stereocenters. The number of carbonyl (C=O) groups excluding carboxylic acids is 3. The monoisotopic (exact) mass is 785 g/mol. The number of hydrogen-bond acceptors (Lipinski definition) is 8. The lowest BCUT2D eigenvalue weighted by atomic mass is 9.90. The van der Waals surface area contributed by atoms with Crippen molar-refractivity contribution < 1.29 is 38.5 Å². The number of halogens is 1. The third-order valence-corrected chi connectivity index (χ3v) is 10.1. The van der Waals surface area contributed by atoms with Gasteiger partial charge in [0, 0.05) is 69.0 Å². The van der Waals surface area contributed by atoms with Crippen molar-refractivity contribution in [1.29, 1.82) is 0 Å². The number of carboxylic acids is 1. The molecule has 1 aliphatic carbocycles. The van der Waals surface area contributed by atoms with Crippen LogP contribution in [0.2, 0.25) is 5.02 Å². The summed E-state index contributed by atoms with van der Waals surface area (Å²) in [7, 11) is 1.55. The Kier molecular flexibility index (Phi) is 10.8. The number of aromatic carboxylic acids is 1. The number of aromatic nitrogens is 1. The van der Waals surface area contributed by atoms with Crippen LogP contribution in [0, 0.1) is 6.92 Å². The second-order valence-corrected chi connectivity index (χ2v) is 13.9. The van der Waals surface area contributed by atoms with E-state index in [9.17, 15) is 34.2 Å². The van der Waals surface area contributed by atoms with Gasteiger partial charge in [0.15, 0.2) is 5.43 Å². The van der Waals surface area contributed by atoms with Gasteiger partial charge in [0.25, 0.3) is 11.8 Å². The van der Waals surface area contributed by atoms with Crippen molar-refractivity contribution in [3.8, 4) is 33.9 Å². The van der Waals surface area contributed by atoms with Crippen LogP contribution in [0.4, 0.5) is 0 Å². The number of carbonyl (C=O) groups is 4. The maximum absolute atomic E-state index is 13.6. The number of rotatable bonds is 12. The molecule has 1 aliphatic heterocycles. The number of amides is 2. The van der Waals surface area contributed by atoms with E-state index in [1.807, 2.05) is 6.07 Å². The zero-order valence-electron chi connectivity index (χ0n) is 30.9. The van der Waals surface area contributed by atoms with Crippen molar-refractivity contribution in [2.75, 3.05) is 20.2 Å². The van der Waals surface area contributed by atoms with Crippen molar-refractivity contribution >= 4 is 57.2 Å². The SMILES string of the molecule is COc1ccc2c(c1)c(CC(=O)NCCCCNC(=O)c1ccc(-c3c4ccc(=O)cc-4oc4cc(O)ccc34)c(C(=O)O)c1)c(C)n2C(=O)c1ccc(Cl)cc1. The molecule has 0 saturated carbocycles. The zero-order chi connectivity index (χ0) is 40.4. The van der Waals surface area contributed by atoms with E-state index >= 15 is 0 Å². The average Bonchev–Trinajstić information content (AvgIpc) is 3.46. The van der Waals surface area contributed by atoms with E-state index in [0.29, 0.717) is 74.6 Å². The molecule has 2 amide bonds. The third-order valence-electron chi connectivity index (χ3n) is 9.84. The van der Waals surface area contributed by atoms with Gasteiger partial charge in [-0.2, -0.15) is 0 Å². The van der Waals surface area contributed by atoms with Crippen LogP contribution in [0.1, 0.15) is 55.2 Å². The maximum Gasteiger partial charge on any atom is 0.336 e. The Hall–Kier alpha value is -6.92. The highest BCUT2D eigenvalue weighted by atomic mass is 35.5. The summed E-state index contributed by atoms with van der Waals surface area (Å²) >= 11 is 6.04. The Morgan fingerprint density at radius 2 is 1.53 bits per heavy atom. The molecule has 4 N–H and O–H groups in total. The number of ether oxygens (including phenoxy) is 1. The topological polar surface area (TPSA) is 177 Å². The van der Waals surface area contributed by atoms with E-state index in [1.165, 1.54) is 36.4 Å². The fraction of sp³-hybridized carbons (Fsp3) is 0.159. The first-order valence-corrected chi connectivity index (χ1v) is 18.4. The number of carboxylic acid groups (broad SMARTS) is 1. The molecule has 0 atom stereocenters. The van der Waals surface area contributed by atoms with Gasteiger partial charge in [-0.1, -0.05) is 17.7 Å². The van der Waals surface area contributed by atoms with Gasteiger partial charge in [-0.05, 0) is 110 Å². The predicted molar refractivity (Wildman–Crippen MR) is 216 cm³/mol. The summed E-state index contributed by atoms with van der Waals surface area (Å²) in [5.41, 5.74) is 3.66. The van der Waals surface area contributed by atoms with Crippen molar-refractivity contribution in [1.82, 2.24) is 15.2 Å². The molecule has 5 aromatic rings. The second kappa shape index (κ2) is 16.0. The highest BCUT2D eigenvalue weighted by molar-refractivity contribution is 6.30. The number of unbranched alkanes of at least 4 members (excludes halogenated alkanes) is 1. The highest BCUT2D eigenvalue weighted by Gasteiger charge is 2.24. The number of phenols is 1. The first-order valence-electron chi connectivity index (χ1n) is 18.0. The van der Waals surface area contributed by atoms with Gasteiger partial charge in [-0.3, -0.25) is 23.7 Å². The molecule has 12 nitrogen and oxygen atoms in total. The Morgan fingerprint density at radius 1 is 0.807 bits per heavy atom. The van der Waals surface area contributed by atoms with Crippen LogP contribution >= 0.6 is 11.6 Å². The Labute approximate surface area is 330 Å². The van der Waals surface area contributed by atoms with Gasteiger partial charge in [-0.15, -0.1) is 0 Å². The lowest BCUT2D eigenvalue weighted by Gasteiger charge is -2.17. The molecule has 2 aliphatic rings. The molecule has 0 saturated heterocycles. The minimum atomic E-state index is -1.26. The normalized spacial score (nSPS) is 11.2. The Bertz CT molecular complexity index is 2750. The van der Waals surface area contributed by atoms with Gasteiger partial charge in [0.2, 0.25) is 5.91 Å². The molecule has 0 bridgehead atoms. The molecule has 0 spiro atoms. The number of methoxy groups -OCH3 is 1. The molecule has 4 aromatic carbocycles. The first-order chi connectivity index (χ1) is 27.4. The van der Waals surface area contributed by atoms with Gasteiger partial charge in [-0.25, -0.2) is 4.79 Å². The van der Waals surface area contributed by atoms with Crippen LogP contribution in [0.3, 0.4) is 0 Å². The molecular weight excluding hydrogens is 750 g/mol. The van der Waals surface area contributed by atoms with Crippen LogP contribution in [-0.2, 0) is 11.2 Å². The summed E-state index contributed by atoms with van der Waals surface area (Å²) in [5, 5.41) is 27.8. The van der Waals surface area contributed by atoms with Gasteiger partial charge < -0.3 is 30.0 Å². The lowest BCUT2D eigenvalue weighted by Crippen LogP contribution is -2.28. The molecule has 13 heteroatoms. The summed E-state index contributed by atoms with van der Waals surface area (Å²) in [6.45, 7) is 2.42. The smallest absolute Gasteiger partial charge is 0.336 e. The van der Waals surface area contributed by atoms with E-state index in [1.54, 1.807) is 73.2 Å². The largest absolute Gasteiger partial charge is 0.508 e. The average molecular weight is 786 g/mol. The van der Waals surface area contributed by atoms with Crippen LogP contribution in [0.15, 0.2) is 106 Å². The van der Waals surface area contributed by atoms with Gasteiger partial charge >= 0.3 is 5.97 Å². The molecule has 7 rings (SSSR count). The van der Waals surface area contributed by atoms with Crippen molar-refractivity contribution in [3.63, 3.8) is 0 Å². The van der Waals surface area contributed by atoms with Crippen molar-refractivity contribution in [2.24, 2.45) is 0 Å². The summed E-state index contributed by atoms with van der Waals surface area (Å²) in [5.74, 6) is -1.47. The predicted octanol–water partition coefficient (Wildman–Crippen LogP) is 7.45. The molecular formula is C44H36ClN3O9. The summed E-state index contributed by atoms with van der Waals surface area (Å²) in [6, 6.07) is 25.0. The second-order valence-electron chi connectivity index (χ2n) is 13.5. The number of nitrogens with zero attached hydrogens (tertiary/aromatic N) is 1. The fourth-order valence-corrected chi connectivity index (χ4v) is 7.16. The number of benzene rings is 5. The number of nitrogens with one attached hydrogen (secondary N) is 2. The quantitative estimate of drug-likeness (QED) is 0.0724. The highest BCUT2D eigenvalue weighted by Crippen LogP contribution is 2.42. The fourth-order valence-electron chi connectivity index (χ4n) is 7.03. The van der Waals surface area contributed by atoms with Crippen LogP contribution in [0.25, 0.3) is 44.3 Å². The standard InChI is InChI=1S/C44H36ClN3O9/c1-24-34(35-22-30(56-2)12-16-37(35)48(24)43(53)25-5-8-27(45)9-6-25)23-40(51)46-17-3-4-18-47-42(52)26-7-13-31(36(19-26)44(54)55)41-32-14-10-28(49)20-38(32)57-39-21-29(50)11-15-33(39)41/h5-16,19-22,49H,3-4,17-18,23H2,1-2H3,(H,46,51)(H,47,52)(H,54,55). The zero-order valence-corrected chi connectivity index (χ0v) is 31.6. The van der Waals surface area contributed by atoms with E-state index in [4.69, 9.17) is 20.8 Å². The third kappa shape index (κ3) is 7.80. The minimum Gasteiger partial charge on any atom is -0.508 e. The Balaban J connectivity index is 0.993. The maximum atomic E-state index is 13.6. The Morgan fingerprint density at radius 3 is 2.26 bits per heavy atom. The molecule has 288 valence electrons. The van der Waals surface area contributed by atoms with Crippen LogP contribution in [0.5, 0.6) is 11.5 Å². The number of aromatic hydroxyl groups is 1. The number of hydrogen-bond donors (Lipinski definition) is 4. The summed E-state index contributed by atoms with van der Waals surface area (Å²) < 4.78 is 12.9. The summed E-state index contributed by atoms with van der Waals surface area (Å²) in [6.07, 6.45) is 1.11. The van der Waals surface area contributed by atoms with E-state index in [2.05, 4.69) is 10.6 Å². The van der Waals surface area contributed by atoms with E-state index in [0.717, 1.165) is 5.39 Å². The number of fused-ring (bicyclic) bond motifs is 3. The molecule has 0 radical (unpaired) electrons. The first kappa shape index (κ1) is 38.4. The molecule has 0 fully saturated rings. The molecule has 1 aromatic heterocycles. The molecule has 2 heterocycles. The lowest BCUT2D eigenvalue weighted by molar-refractivity contribution is -0.120. The molecule has 57 heavy (non-hydrogen) atoms. The van der Waals surface area contributed by atoms with Crippen LogP contribution < -0.4 is 20.8 Å².